The Morgan fingerprint density at radius 2 is 2.20 bits per heavy atom. The van der Waals surface area contributed by atoms with Crippen LogP contribution in [0.2, 0.25) is 0 Å². The van der Waals surface area contributed by atoms with E-state index in [0.717, 1.165) is 10.9 Å². The zero-order valence-corrected chi connectivity index (χ0v) is 13.8. The molecule has 9 nitrogen and oxygen atoms in total. The van der Waals surface area contributed by atoms with Gasteiger partial charge in [0.2, 0.25) is 5.95 Å². The first kappa shape index (κ1) is 18.0. The van der Waals surface area contributed by atoms with E-state index in [2.05, 4.69) is 15.6 Å². The number of amides is 1. The van der Waals surface area contributed by atoms with E-state index in [0.29, 0.717) is 5.69 Å². The van der Waals surface area contributed by atoms with E-state index >= 15 is 0 Å². The summed E-state index contributed by atoms with van der Waals surface area (Å²) in [7, 11) is 1.45. The van der Waals surface area contributed by atoms with Gasteiger partial charge in [0.25, 0.3) is 5.91 Å². The molecule has 0 fully saturated rings. The first-order valence-electron chi connectivity index (χ1n) is 7.23. The third-order valence-corrected chi connectivity index (χ3v) is 3.30. The van der Waals surface area contributed by atoms with Crippen LogP contribution in [0.25, 0.3) is 0 Å². The molecule has 0 bridgehead atoms. The number of nitrogens with zero attached hydrogens (tertiary/aromatic N) is 4. The fourth-order valence-corrected chi connectivity index (χ4v) is 2.00. The average molecular weight is 349 g/mol. The number of hydrogen-bond donors (Lipinski definition) is 1. The van der Waals surface area contributed by atoms with Crippen molar-refractivity contribution in [3.8, 4) is 5.75 Å². The Morgan fingerprint density at radius 1 is 1.52 bits per heavy atom. The van der Waals surface area contributed by atoms with Crippen molar-refractivity contribution in [2.45, 2.75) is 20.0 Å². The van der Waals surface area contributed by atoms with Gasteiger partial charge in [-0.1, -0.05) is 12.1 Å². The highest BCUT2D eigenvalue weighted by Gasteiger charge is 2.20. The van der Waals surface area contributed by atoms with Gasteiger partial charge in [-0.05, 0) is 19.9 Å². The molecule has 0 aliphatic rings. The SMILES string of the molecule is Cc1nn(C)c(F)c1C=NNC(=O)C(C)Oc1ccccc1[N+](=O)[O-]. The lowest BCUT2D eigenvalue weighted by atomic mass is 10.3. The summed E-state index contributed by atoms with van der Waals surface area (Å²) < 4.78 is 20.1. The summed E-state index contributed by atoms with van der Waals surface area (Å²) in [6.45, 7) is 3.02. The van der Waals surface area contributed by atoms with Crippen LogP contribution in [-0.4, -0.2) is 32.9 Å². The van der Waals surface area contributed by atoms with E-state index in [4.69, 9.17) is 4.74 Å². The van der Waals surface area contributed by atoms with E-state index < -0.39 is 22.9 Å². The number of aromatic nitrogens is 2. The molecule has 1 atom stereocenters. The van der Waals surface area contributed by atoms with Crippen LogP contribution in [-0.2, 0) is 11.8 Å². The van der Waals surface area contributed by atoms with Crippen molar-refractivity contribution in [2.75, 3.05) is 0 Å². The highest BCUT2D eigenvalue weighted by molar-refractivity contribution is 5.85. The summed E-state index contributed by atoms with van der Waals surface area (Å²) in [5, 5.41) is 18.5. The van der Waals surface area contributed by atoms with Crippen LogP contribution in [0.3, 0.4) is 0 Å². The first-order valence-corrected chi connectivity index (χ1v) is 7.23. The lowest BCUT2D eigenvalue weighted by molar-refractivity contribution is -0.386. The van der Waals surface area contributed by atoms with E-state index in [1.807, 2.05) is 0 Å². The molecule has 0 saturated carbocycles. The maximum absolute atomic E-state index is 13.7. The molecule has 1 amide bonds. The van der Waals surface area contributed by atoms with Crippen LogP contribution in [0.4, 0.5) is 10.1 Å². The number of aryl methyl sites for hydroxylation is 2. The highest BCUT2D eigenvalue weighted by Crippen LogP contribution is 2.26. The number of nitrogens with one attached hydrogen (secondary N) is 1. The normalized spacial score (nSPS) is 12.2. The second-order valence-corrected chi connectivity index (χ2v) is 5.13. The standard InChI is InChI=1S/C15H16FN5O4/c1-9-11(14(16)20(3)19-9)8-17-18-15(22)10(2)25-13-7-5-4-6-12(13)21(23)24/h4-8,10H,1-3H3,(H,18,22). The van der Waals surface area contributed by atoms with E-state index in [1.165, 1.54) is 32.2 Å². The van der Waals surface area contributed by atoms with Gasteiger partial charge in [0, 0.05) is 13.1 Å². The van der Waals surface area contributed by atoms with Gasteiger partial charge in [-0.2, -0.15) is 14.6 Å². The summed E-state index contributed by atoms with van der Waals surface area (Å²) in [4.78, 5) is 22.3. The molecule has 2 rings (SSSR count). The van der Waals surface area contributed by atoms with Crippen molar-refractivity contribution >= 4 is 17.8 Å². The van der Waals surface area contributed by atoms with E-state index in [9.17, 15) is 19.3 Å². The number of nitro groups is 1. The molecule has 2 aromatic rings. The molecule has 0 aliphatic heterocycles. The second kappa shape index (κ2) is 7.51. The van der Waals surface area contributed by atoms with Gasteiger partial charge in [0.05, 0.1) is 22.4 Å². The Morgan fingerprint density at radius 3 is 2.80 bits per heavy atom. The molecule has 0 spiro atoms. The lowest BCUT2D eigenvalue weighted by Crippen LogP contribution is -2.33. The fraction of sp³-hybridized carbons (Fsp3) is 0.267. The number of benzene rings is 1. The zero-order valence-electron chi connectivity index (χ0n) is 13.8. The van der Waals surface area contributed by atoms with Crippen molar-refractivity contribution in [1.29, 1.82) is 0 Å². The Hall–Kier alpha value is -3.30. The maximum Gasteiger partial charge on any atom is 0.310 e. The summed E-state index contributed by atoms with van der Waals surface area (Å²) in [6, 6.07) is 5.70. The summed E-state index contributed by atoms with van der Waals surface area (Å²) in [5.41, 5.74) is 2.51. The van der Waals surface area contributed by atoms with Gasteiger partial charge in [0.1, 0.15) is 0 Å². The minimum absolute atomic E-state index is 0.0340. The van der Waals surface area contributed by atoms with Crippen molar-refractivity contribution in [2.24, 2.45) is 12.1 Å². The van der Waals surface area contributed by atoms with Crippen LogP contribution >= 0.6 is 0 Å². The summed E-state index contributed by atoms with van der Waals surface area (Å²) in [6.07, 6.45) is 0.0888. The van der Waals surface area contributed by atoms with Gasteiger partial charge < -0.3 is 4.74 Å². The van der Waals surface area contributed by atoms with Crippen LogP contribution < -0.4 is 10.2 Å². The molecule has 1 unspecified atom stereocenters. The molecule has 1 N–H and O–H groups in total. The minimum Gasteiger partial charge on any atom is -0.474 e. The van der Waals surface area contributed by atoms with Gasteiger partial charge in [-0.25, -0.2) is 10.1 Å². The Kier molecular flexibility index (Phi) is 5.42. The Bertz CT molecular complexity index is 833. The molecule has 1 aromatic heterocycles. The molecule has 0 aliphatic carbocycles. The lowest BCUT2D eigenvalue weighted by Gasteiger charge is -2.12. The molecule has 1 heterocycles. The van der Waals surface area contributed by atoms with Crippen molar-refractivity contribution in [3.05, 3.63) is 51.6 Å². The minimum atomic E-state index is -1.04. The molecule has 0 saturated heterocycles. The number of halogens is 1. The fourth-order valence-electron chi connectivity index (χ4n) is 2.00. The summed E-state index contributed by atoms with van der Waals surface area (Å²) >= 11 is 0. The van der Waals surface area contributed by atoms with Gasteiger partial charge in [0.15, 0.2) is 11.9 Å². The van der Waals surface area contributed by atoms with Crippen LogP contribution in [0.5, 0.6) is 5.75 Å². The molecule has 1 aromatic carbocycles. The van der Waals surface area contributed by atoms with E-state index in [1.54, 1.807) is 13.0 Å². The highest BCUT2D eigenvalue weighted by atomic mass is 19.1. The number of nitro benzene ring substituents is 1. The number of para-hydroxylation sites is 2. The largest absolute Gasteiger partial charge is 0.474 e. The van der Waals surface area contributed by atoms with Gasteiger partial charge in [-0.3, -0.25) is 14.9 Å². The predicted molar refractivity (Wildman–Crippen MR) is 86.8 cm³/mol. The smallest absolute Gasteiger partial charge is 0.310 e. The third-order valence-electron chi connectivity index (χ3n) is 3.30. The number of carbonyl (C=O) groups is 1. The zero-order chi connectivity index (χ0) is 18.6. The monoisotopic (exact) mass is 349 g/mol. The van der Waals surface area contributed by atoms with Crippen LogP contribution in [0.15, 0.2) is 29.4 Å². The number of hydrazone groups is 1. The molecule has 0 radical (unpaired) electrons. The van der Waals surface area contributed by atoms with Crippen LogP contribution in [0.1, 0.15) is 18.2 Å². The van der Waals surface area contributed by atoms with Gasteiger partial charge in [-0.15, -0.1) is 0 Å². The van der Waals surface area contributed by atoms with Crippen molar-refractivity contribution < 1.29 is 18.8 Å². The Balaban J connectivity index is 2.01. The summed E-state index contributed by atoms with van der Waals surface area (Å²) in [5.74, 6) is -1.26. The van der Waals surface area contributed by atoms with Crippen molar-refractivity contribution in [1.82, 2.24) is 15.2 Å². The molecular formula is C15H16FN5O4. The van der Waals surface area contributed by atoms with Crippen LogP contribution in [0, 0.1) is 23.0 Å². The predicted octanol–water partition coefficient (Wildman–Crippen LogP) is 1.69. The first-order chi connectivity index (χ1) is 11.8. The number of rotatable bonds is 6. The third kappa shape index (κ3) is 4.16. The average Bonchev–Trinajstić information content (AvgIpc) is 2.81. The second-order valence-electron chi connectivity index (χ2n) is 5.13. The topological polar surface area (TPSA) is 112 Å². The quantitative estimate of drug-likeness (QED) is 0.484. The molecular weight excluding hydrogens is 333 g/mol. The molecule has 10 heteroatoms. The maximum atomic E-state index is 13.7. The van der Waals surface area contributed by atoms with E-state index in [-0.39, 0.29) is 17.0 Å². The Labute approximate surface area is 142 Å². The molecule has 132 valence electrons. The van der Waals surface area contributed by atoms with Gasteiger partial charge >= 0.3 is 5.69 Å². The molecule has 25 heavy (non-hydrogen) atoms. The number of ether oxygens (including phenoxy) is 1. The number of carbonyl (C=O) groups excluding carboxylic acids is 1. The number of hydrogen-bond acceptors (Lipinski definition) is 6. The van der Waals surface area contributed by atoms with Crippen molar-refractivity contribution in [3.63, 3.8) is 0 Å².